The third-order valence-electron chi connectivity index (χ3n) is 3.88. The molecule has 0 aliphatic rings. The van der Waals surface area contributed by atoms with Crippen molar-refractivity contribution < 1.29 is 9.42 Å². The molecule has 0 saturated heterocycles. The molecule has 30 heavy (non-hydrogen) atoms. The van der Waals surface area contributed by atoms with Gasteiger partial charge in [-0.15, -0.1) is 28.2 Å². The van der Waals surface area contributed by atoms with Gasteiger partial charge in [-0.05, 0) is 45.2 Å². The van der Waals surface area contributed by atoms with Gasteiger partial charge in [-0.25, -0.2) is 10.1 Å². The molecule has 3 heterocycles. The summed E-state index contributed by atoms with van der Waals surface area (Å²) in [5.74, 6) is -0.359. The molecule has 0 spiro atoms. The molecule has 3 N–H and O–H groups in total. The number of anilines is 1. The predicted molar refractivity (Wildman–Crippen MR) is 123 cm³/mol. The summed E-state index contributed by atoms with van der Waals surface area (Å²) >= 11 is 5.54. The highest BCUT2D eigenvalue weighted by Gasteiger charge is 2.25. The van der Waals surface area contributed by atoms with Crippen LogP contribution in [0.3, 0.4) is 0 Å². The number of halogens is 1. The number of rotatable bonds is 6. The SMILES string of the molecule is CSc1sc(I)cc1C=NNC(=O)c1nnn(-c2nonc2N)c1-c1ccccc1. The molecule has 0 aliphatic carbocycles. The molecule has 0 unspecified atom stereocenters. The number of thiophene rings is 1. The third kappa shape index (κ3) is 4.08. The Labute approximate surface area is 192 Å². The van der Waals surface area contributed by atoms with Crippen molar-refractivity contribution in [3.63, 3.8) is 0 Å². The van der Waals surface area contributed by atoms with E-state index >= 15 is 0 Å². The van der Waals surface area contributed by atoms with Crippen molar-refractivity contribution in [3.8, 4) is 17.1 Å². The lowest BCUT2D eigenvalue weighted by molar-refractivity contribution is 0.0950. The van der Waals surface area contributed by atoms with Crippen molar-refractivity contribution in [2.45, 2.75) is 4.21 Å². The Kier molecular flexibility index (Phi) is 6.10. The van der Waals surface area contributed by atoms with Crippen LogP contribution in [0.4, 0.5) is 5.82 Å². The summed E-state index contributed by atoms with van der Waals surface area (Å²) in [4.78, 5) is 12.8. The summed E-state index contributed by atoms with van der Waals surface area (Å²) in [6, 6.07) is 11.2. The van der Waals surface area contributed by atoms with E-state index in [0.29, 0.717) is 11.3 Å². The first kappa shape index (κ1) is 20.5. The molecule has 3 aromatic heterocycles. The summed E-state index contributed by atoms with van der Waals surface area (Å²) < 4.78 is 8.22. The number of benzene rings is 1. The minimum atomic E-state index is -0.526. The number of carbonyl (C=O) groups excluding carboxylic acids is 1. The van der Waals surface area contributed by atoms with Gasteiger partial charge >= 0.3 is 0 Å². The smallest absolute Gasteiger partial charge is 0.294 e. The van der Waals surface area contributed by atoms with Crippen LogP contribution in [0, 0.1) is 2.88 Å². The van der Waals surface area contributed by atoms with Crippen LogP contribution in [0.5, 0.6) is 0 Å². The zero-order valence-electron chi connectivity index (χ0n) is 15.3. The van der Waals surface area contributed by atoms with Crippen molar-refractivity contribution >= 4 is 63.6 Å². The second-order valence-corrected chi connectivity index (χ2v) is 9.76. The van der Waals surface area contributed by atoms with E-state index in [1.807, 2.05) is 42.7 Å². The molecule has 13 heteroatoms. The standard InChI is InChI=1S/C17H13IN8O2S2/c1-29-17-10(7-11(18)30-17)8-20-22-16(27)12-13(9-5-3-2-4-6-9)26(25-21-12)15-14(19)23-28-24-15/h2-8H,1H3,(H2,19,23)(H,22,27). The van der Waals surface area contributed by atoms with E-state index in [4.69, 9.17) is 5.73 Å². The van der Waals surface area contributed by atoms with Gasteiger partial charge in [0.2, 0.25) is 11.6 Å². The molecule has 0 fully saturated rings. The molecule has 1 amide bonds. The molecule has 0 bridgehead atoms. The highest BCUT2D eigenvalue weighted by atomic mass is 127. The first-order valence-electron chi connectivity index (χ1n) is 8.34. The Balaban J connectivity index is 1.67. The van der Waals surface area contributed by atoms with E-state index in [-0.39, 0.29) is 17.3 Å². The van der Waals surface area contributed by atoms with Gasteiger partial charge in [0, 0.05) is 11.1 Å². The molecule has 0 atom stereocenters. The van der Waals surface area contributed by atoms with E-state index in [1.165, 1.54) is 4.68 Å². The Bertz CT molecular complexity index is 1220. The van der Waals surface area contributed by atoms with E-state index in [2.05, 4.69) is 58.4 Å². The lowest BCUT2D eigenvalue weighted by Crippen LogP contribution is -2.19. The minimum Gasteiger partial charge on any atom is -0.378 e. The lowest BCUT2D eigenvalue weighted by atomic mass is 10.1. The second-order valence-electron chi connectivity index (χ2n) is 5.73. The van der Waals surface area contributed by atoms with Gasteiger partial charge in [-0.1, -0.05) is 35.5 Å². The van der Waals surface area contributed by atoms with E-state index in [1.54, 1.807) is 29.3 Å². The van der Waals surface area contributed by atoms with Crippen LogP contribution < -0.4 is 11.2 Å². The van der Waals surface area contributed by atoms with Gasteiger partial charge in [0.1, 0.15) is 5.69 Å². The lowest BCUT2D eigenvalue weighted by Gasteiger charge is -2.05. The number of hydrazone groups is 1. The van der Waals surface area contributed by atoms with Gasteiger partial charge in [0.25, 0.3) is 5.91 Å². The molecular weight excluding hydrogens is 539 g/mol. The summed E-state index contributed by atoms with van der Waals surface area (Å²) in [7, 11) is 0. The average molecular weight is 552 g/mol. The van der Waals surface area contributed by atoms with Crippen LogP contribution >= 0.6 is 45.7 Å². The van der Waals surface area contributed by atoms with Crippen LogP contribution in [0.25, 0.3) is 17.1 Å². The molecule has 4 aromatic rings. The molecular formula is C17H13IN8O2S2. The van der Waals surface area contributed by atoms with Crippen molar-refractivity contribution in [2.75, 3.05) is 12.0 Å². The third-order valence-corrected chi connectivity index (χ3v) is 6.94. The molecule has 10 nitrogen and oxygen atoms in total. The molecule has 0 saturated carbocycles. The largest absolute Gasteiger partial charge is 0.378 e. The van der Waals surface area contributed by atoms with Gasteiger partial charge < -0.3 is 5.73 Å². The van der Waals surface area contributed by atoms with E-state index < -0.39 is 5.91 Å². The fourth-order valence-corrected chi connectivity index (χ4v) is 5.58. The number of nitrogens with two attached hydrogens (primary N) is 1. The number of hydrogen-bond donors (Lipinski definition) is 2. The molecule has 4 rings (SSSR count). The van der Waals surface area contributed by atoms with Gasteiger partial charge in [0.15, 0.2) is 5.69 Å². The summed E-state index contributed by atoms with van der Waals surface area (Å²) in [6.07, 6.45) is 3.60. The van der Waals surface area contributed by atoms with E-state index in [9.17, 15) is 4.79 Å². The Morgan fingerprint density at radius 3 is 2.87 bits per heavy atom. The topological polar surface area (TPSA) is 137 Å². The van der Waals surface area contributed by atoms with Crippen LogP contribution in [0.2, 0.25) is 0 Å². The second kappa shape index (κ2) is 8.93. The molecule has 0 radical (unpaired) electrons. The fourth-order valence-electron chi connectivity index (χ4n) is 2.60. The van der Waals surface area contributed by atoms with Crippen molar-refractivity contribution in [3.05, 3.63) is 50.5 Å². The van der Waals surface area contributed by atoms with Gasteiger partial charge in [-0.2, -0.15) is 9.78 Å². The maximum absolute atomic E-state index is 12.8. The maximum Gasteiger partial charge on any atom is 0.294 e. The molecule has 1 aromatic carbocycles. The molecule has 0 aliphatic heterocycles. The molecule has 152 valence electrons. The Hall–Kier alpha value is -2.78. The summed E-state index contributed by atoms with van der Waals surface area (Å²) in [5.41, 5.74) is 10.4. The first-order valence-corrected chi connectivity index (χ1v) is 11.5. The Morgan fingerprint density at radius 2 is 2.17 bits per heavy atom. The quantitative estimate of drug-likeness (QED) is 0.161. The zero-order chi connectivity index (χ0) is 21.1. The number of thioether (sulfide) groups is 1. The highest BCUT2D eigenvalue weighted by Crippen LogP contribution is 2.30. The number of hydrogen-bond acceptors (Lipinski definition) is 10. The average Bonchev–Trinajstić information content (AvgIpc) is 3.46. The number of aromatic nitrogens is 5. The van der Waals surface area contributed by atoms with Crippen LogP contribution in [-0.2, 0) is 0 Å². The van der Waals surface area contributed by atoms with Crippen molar-refractivity contribution in [1.82, 2.24) is 30.7 Å². The summed E-state index contributed by atoms with van der Waals surface area (Å²) in [6.45, 7) is 0. The van der Waals surface area contributed by atoms with Gasteiger partial charge in [-0.3, -0.25) is 4.79 Å². The Morgan fingerprint density at radius 1 is 1.37 bits per heavy atom. The number of nitrogens with one attached hydrogen (secondary N) is 1. The monoisotopic (exact) mass is 552 g/mol. The predicted octanol–water partition coefficient (Wildman–Crippen LogP) is 3.05. The van der Waals surface area contributed by atoms with Crippen molar-refractivity contribution in [1.29, 1.82) is 0 Å². The number of nitrogen functional groups attached to an aromatic ring is 1. The number of carbonyl (C=O) groups is 1. The number of nitrogens with zero attached hydrogens (tertiary/aromatic N) is 6. The van der Waals surface area contributed by atoms with Crippen LogP contribution in [0.1, 0.15) is 16.1 Å². The number of amides is 1. The van der Waals surface area contributed by atoms with Gasteiger partial charge in [0.05, 0.1) is 13.3 Å². The first-order chi connectivity index (χ1) is 14.6. The zero-order valence-corrected chi connectivity index (χ0v) is 19.1. The van der Waals surface area contributed by atoms with Crippen LogP contribution in [0.15, 0.2) is 50.3 Å². The van der Waals surface area contributed by atoms with Crippen molar-refractivity contribution in [2.24, 2.45) is 5.10 Å². The normalized spacial score (nSPS) is 11.3. The highest BCUT2D eigenvalue weighted by molar-refractivity contribution is 14.1. The van der Waals surface area contributed by atoms with Crippen LogP contribution in [-0.4, -0.2) is 43.7 Å². The van der Waals surface area contributed by atoms with E-state index in [0.717, 1.165) is 12.7 Å². The minimum absolute atomic E-state index is 0.0266. The fraction of sp³-hybridized carbons (Fsp3) is 0.0588. The maximum atomic E-state index is 12.8. The summed E-state index contributed by atoms with van der Waals surface area (Å²) in [5, 5.41) is 19.4.